The molecule has 21 N–H and O–H groups in total. The summed E-state index contributed by atoms with van der Waals surface area (Å²) in [5.74, 6) is -11.7. The molecule has 0 aliphatic carbocycles. The maximum atomic E-state index is 13.9. The number of hydrogen-bond donors (Lipinski definition) is 18. The van der Waals surface area contributed by atoms with Gasteiger partial charge in [-0.25, -0.2) is 4.98 Å². The molecule has 0 bridgehead atoms. The lowest BCUT2D eigenvalue weighted by molar-refractivity contribution is -0.138. The molecule has 0 fully saturated rings. The van der Waals surface area contributed by atoms with Gasteiger partial charge in [0.1, 0.15) is 48.8 Å². The predicted octanol–water partition coefficient (Wildman–Crippen LogP) is -8.51. The monoisotopic (exact) mass is 1050 g/mol. The van der Waals surface area contributed by atoms with Crippen molar-refractivity contribution in [1.82, 2.24) is 57.8 Å². The first-order valence-electron chi connectivity index (χ1n) is 22.4. The highest BCUT2D eigenvalue weighted by Gasteiger charge is 2.34. The van der Waals surface area contributed by atoms with Crippen molar-refractivity contribution in [2.75, 3.05) is 38.6 Å². The number of aliphatic carboxylic acids is 1. The van der Waals surface area contributed by atoms with Gasteiger partial charge >= 0.3 is 5.97 Å². The van der Waals surface area contributed by atoms with Crippen LogP contribution in [0.15, 0.2) is 47.8 Å². The van der Waals surface area contributed by atoms with E-state index >= 15 is 0 Å². The Kier molecular flexibility index (Phi) is 27.0. The molecule has 402 valence electrons. The zero-order valence-electron chi connectivity index (χ0n) is 39.6. The van der Waals surface area contributed by atoms with Gasteiger partial charge in [-0.05, 0) is 38.2 Å². The third-order valence-corrected chi connectivity index (χ3v) is 10.6. The van der Waals surface area contributed by atoms with Gasteiger partial charge in [0.05, 0.1) is 32.1 Å². The number of aromatic amines is 1. The lowest BCUT2D eigenvalue weighted by Crippen LogP contribution is -2.61. The van der Waals surface area contributed by atoms with Crippen LogP contribution in [0.3, 0.4) is 0 Å². The van der Waals surface area contributed by atoms with Gasteiger partial charge in [0.15, 0.2) is 5.96 Å². The largest absolute Gasteiger partial charge is 0.480 e. The van der Waals surface area contributed by atoms with Crippen LogP contribution in [0, 0.1) is 0 Å². The van der Waals surface area contributed by atoms with Gasteiger partial charge in [0, 0.05) is 37.0 Å². The van der Waals surface area contributed by atoms with Crippen LogP contribution in [0.2, 0.25) is 0 Å². The van der Waals surface area contributed by atoms with Gasteiger partial charge in [-0.15, -0.1) is 0 Å². The average Bonchev–Trinajstić information content (AvgIpc) is 3.87. The number of hydrogen-bond acceptors (Lipinski definition) is 17. The van der Waals surface area contributed by atoms with Gasteiger partial charge in [0.25, 0.3) is 0 Å². The van der Waals surface area contributed by atoms with E-state index in [0.717, 1.165) is 5.56 Å². The average molecular weight is 1050 g/mol. The molecular weight excluding hydrogens is 985 g/mol. The van der Waals surface area contributed by atoms with Crippen LogP contribution in [-0.2, 0) is 65.6 Å². The second kappa shape index (κ2) is 32.1. The number of aliphatic hydroxyl groups excluding tert-OH is 2. The molecule has 0 spiro atoms. The molecule has 31 heteroatoms. The van der Waals surface area contributed by atoms with Gasteiger partial charge in [-0.2, -0.15) is 12.6 Å². The molecule has 1 heterocycles. The molecule has 1 aromatic carbocycles. The van der Waals surface area contributed by atoms with Gasteiger partial charge in [0.2, 0.25) is 59.1 Å². The number of benzene rings is 1. The number of carboxylic acids is 1. The summed E-state index contributed by atoms with van der Waals surface area (Å²) < 4.78 is 0. The Morgan fingerprint density at radius 2 is 1.18 bits per heavy atom. The summed E-state index contributed by atoms with van der Waals surface area (Å²) in [6.45, 7) is -2.07. The van der Waals surface area contributed by atoms with Crippen molar-refractivity contribution in [1.29, 1.82) is 0 Å². The fraction of sp³-hybridized carbons (Fsp3) is 0.500. The molecule has 2 aromatic rings. The number of carbonyl (C=O) groups is 11. The molecule has 0 unspecified atom stereocenters. The summed E-state index contributed by atoms with van der Waals surface area (Å²) in [6, 6.07) is -3.30. The van der Waals surface area contributed by atoms with Crippen LogP contribution in [0.5, 0.6) is 0 Å². The highest BCUT2D eigenvalue weighted by Crippen LogP contribution is 2.07. The molecule has 8 atom stereocenters. The molecule has 73 heavy (non-hydrogen) atoms. The van der Waals surface area contributed by atoms with E-state index in [-0.39, 0.29) is 38.2 Å². The van der Waals surface area contributed by atoms with Crippen molar-refractivity contribution in [3.63, 3.8) is 0 Å². The van der Waals surface area contributed by atoms with Crippen molar-refractivity contribution < 1.29 is 68.1 Å². The van der Waals surface area contributed by atoms with Crippen LogP contribution in [0.1, 0.15) is 43.9 Å². The minimum atomic E-state index is -1.78. The number of H-pyrrole nitrogens is 1. The number of primary amides is 1. The number of aliphatic hydroxyl groups is 2. The smallest absolute Gasteiger partial charge is 0.322 e. The number of nitrogens with zero attached hydrogens (tertiary/aromatic N) is 2. The van der Waals surface area contributed by atoms with Crippen LogP contribution in [-0.4, -0.2) is 183 Å². The first-order chi connectivity index (χ1) is 34.6. The number of rotatable bonds is 33. The van der Waals surface area contributed by atoms with Crippen LogP contribution in [0.25, 0.3) is 0 Å². The molecule has 0 radical (unpaired) electrons. The number of imidazole rings is 1. The van der Waals surface area contributed by atoms with E-state index < -0.39 is 158 Å². The fourth-order valence-corrected chi connectivity index (χ4v) is 6.53. The van der Waals surface area contributed by atoms with E-state index in [1.807, 2.05) is 5.32 Å². The van der Waals surface area contributed by atoms with E-state index in [1.54, 1.807) is 30.3 Å². The predicted molar refractivity (Wildman–Crippen MR) is 260 cm³/mol. The lowest BCUT2D eigenvalue weighted by Gasteiger charge is -2.27. The summed E-state index contributed by atoms with van der Waals surface area (Å²) in [4.78, 5) is 152. The van der Waals surface area contributed by atoms with Crippen LogP contribution >= 0.6 is 12.6 Å². The summed E-state index contributed by atoms with van der Waals surface area (Å²) in [6.07, 6.45) is 1.41. The molecule has 0 saturated heterocycles. The van der Waals surface area contributed by atoms with Crippen molar-refractivity contribution in [3.8, 4) is 0 Å². The van der Waals surface area contributed by atoms with Gasteiger partial charge in [-0.1, -0.05) is 30.3 Å². The van der Waals surface area contributed by atoms with E-state index in [1.165, 1.54) is 19.4 Å². The zero-order valence-corrected chi connectivity index (χ0v) is 40.5. The minimum Gasteiger partial charge on any atom is -0.480 e. The Morgan fingerprint density at radius 1 is 0.658 bits per heavy atom. The summed E-state index contributed by atoms with van der Waals surface area (Å²) >= 11 is 4.13. The summed E-state index contributed by atoms with van der Waals surface area (Å²) in [5.41, 5.74) is 23.3. The van der Waals surface area contributed by atoms with E-state index in [9.17, 15) is 63.0 Å². The highest BCUT2D eigenvalue weighted by atomic mass is 32.1. The molecule has 0 saturated carbocycles. The van der Waals surface area contributed by atoms with Crippen LogP contribution in [0.4, 0.5) is 0 Å². The Morgan fingerprint density at radius 3 is 1.71 bits per heavy atom. The highest BCUT2D eigenvalue weighted by molar-refractivity contribution is 7.80. The number of aliphatic imine (C=N–C) groups is 1. The fourth-order valence-electron chi connectivity index (χ4n) is 6.27. The van der Waals surface area contributed by atoms with Crippen LogP contribution < -0.4 is 70.8 Å². The summed E-state index contributed by atoms with van der Waals surface area (Å²) in [5, 5.41) is 49.7. The first kappa shape index (κ1) is 61.2. The number of guanidine groups is 1. The molecule has 1 aromatic heterocycles. The normalized spacial score (nSPS) is 14.0. The van der Waals surface area contributed by atoms with E-state index in [2.05, 4.69) is 70.1 Å². The molecule has 0 aliphatic rings. The van der Waals surface area contributed by atoms with E-state index in [4.69, 9.17) is 28.0 Å². The second-order valence-corrected chi connectivity index (χ2v) is 16.4. The number of carboxylic acid groups (broad SMARTS) is 1. The van der Waals surface area contributed by atoms with Crippen molar-refractivity contribution in [2.45, 2.75) is 93.8 Å². The SMILES string of the molecule is C[C@H](NC(=O)[C@H](Cc1cnc[nH]1)NC(=O)[C@H](CO)NC(=O)[C@H](CS)NC(=O)[C@H](CCC(N)=O)NC(=O)[C@H](CCCN=C(N)N)NC(=O)[C@H](CO)NC(=O)[C@@H](N)Cc1ccccc1)C(=O)NCC(=O)NCC(=O)O. The molecule has 30 nitrogen and oxygen atoms in total. The molecule has 0 aliphatic heterocycles. The van der Waals surface area contributed by atoms with Crippen molar-refractivity contribution >= 4 is 83.6 Å². The quantitative estimate of drug-likeness (QED) is 0.0137. The van der Waals surface area contributed by atoms with E-state index in [0.29, 0.717) is 5.69 Å². The maximum Gasteiger partial charge on any atom is 0.322 e. The Bertz CT molecular complexity index is 2240. The topological polar surface area (TPSA) is 502 Å². The van der Waals surface area contributed by atoms with Crippen molar-refractivity contribution in [2.24, 2.45) is 27.9 Å². The maximum absolute atomic E-state index is 13.9. The first-order valence-corrected chi connectivity index (χ1v) is 23.0. The summed E-state index contributed by atoms with van der Waals surface area (Å²) in [7, 11) is 0. The Balaban J connectivity index is 2.23. The van der Waals surface area contributed by atoms with Gasteiger partial charge in [-0.3, -0.25) is 57.7 Å². The Hall–Kier alpha value is -7.90. The Labute approximate surface area is 422 Å². The van der Waals surface area contributed by atoms with Gasteiger partial charge < -0.3 is 91.1 Å². The second-order valence-electron chi connectivity index (χ2n) is 16.1. The number of nitrogens with two attached hydrogens (primary N) is 4. The standard InChI is InChI=1S/C42H64N16O14S/c1-21(34(65)50-15-32(62)49-16-33(63)64)52-38(69)27(13-23-14-47-20-51-23)55-40(71)29(18-60)57-41(72)30(19-73)58-37(68)26(9-10-31(44)61)54-36(67)25(8-5-11-48-42(45)46)53-39(70)28(17-59)56-35(66)24(43)12-22-6-3-2-4-7-22/h2-4,6-7,14,20-21,24-30,59-60,73H,5,8-13,15-19,43H2,1H3,(H2,44,61)(H,47,51)(H,49,62)(H,50,65)(H,52,69)(H,53,70)(H,54,67)(H,55,71)(H,56,66)(H,57,72)(H,58,68)(H,63,64)(H4,45,46,48)/t21-,24-,25-,26-,27-,28-,29-,30-/m0/s1. The minimum absolute atomic E-state index is 0.0219. The molecule has 2 rings (SSSR count). The number of thiol groups is 1. The molecular formula is C42H64N16O14S. The third-order valence-electron chi connectivity index (χ3n) is 10.2. The number of amides is 10. The lowest BCUT2D eigenvalue weighted by atomic mass is 10.1. The third kappa shape index (κ3) is 23.3. The number of aromatic nitrogens is 2. The number of nitrogens with one attached hydrogen (secondary N) is 10. The van der Waals surface area contributed by atoms with Crippen molar-refractivity contribution in [3.05, 3.63) is 54.1 Å². The number of carbonyl (C=O) groups excluding carboxylic acids is 10. The zero-order chi connectivity index (χ0) is 54.6. The molecule has 10 amide bonds.